The van der Waals surface area contributed by atoms with E-state index in [1.807, 2.05) is 38.1 Å². The second-order valence-electron chi connectivity index (χ2n) is 10.9. The van der Waals surface area contributed by atoms with E-state index >= 15 is 0 Å². The molecule has 0 spiro atoms. The summed E-state index contributed by atoms with van der Waals surface area (Å²) in [7, 11) is 0. The SMILES string of the molecule is CC(C)NC(=O)Nc1ccc(-c2c(C#N)c3ccc(CCCCN4CCOCC4)cc3n2C2CCC2)cc1. The van der Waals surface area contributed by atoms with Crippen LogP contribution in [0.4, 0.5) is 10.5 Å². The molecule has 2 fully saturated rings. The number of nitrogens with zero attached hydrogens (tertiary/aromatic N) is 3. The van der Waals surface area contributed by atoms with Crippen LogP contribution >= 0.6 is 0 Å². The molecule has 1 aliphatic heterocycles. The predicted molar refractivity (Wildman–Crippen MR) is 152 cm³/mol. The molecular formula is C31H39N5O2. The maximum absolute atomic E-state index is 12.1. The van der Waals surface area contributed by atoms with Gasteiger partial charge >= 0.3 is 6.03 Å². The lowest BCUT2D eigenvalue weighted by Crippen LogP contribution is -2.36. The fraction of sp³-hybridized carbons (Fsp3) is 0.484. The quantitative estimate of drug-likeness (QED) is 0.339. The van der Waals surface area contributed by atoms with Gasteiger partial charge in [0.2, 0.25) is 0 Å². The first kappa shape index (κ1) is 26.3. The van der Waals surface area contributed by atoms with Crippen molar-refractivity contribution in [1.29, 1.82) is 5.26 Å². The van der Waals surface area contributed by atoms with Crippen molar-refractivity contribution in [2.75, 3.05) is 38.2 Å². The Morgan fingerprint density at radius 2 is 1.87 bits per heavy atom. The van der Waals surface area contributed by atoms with E-state index in [0.29, 0.717) is 6.04 Å². The topological polar surface area (TPSA) is 82.3 Å². The van der Waals surface area contributed by atoms with Crippen LogP contribution in [0.3, 0.4) is 0 Å². The molecule has 5 rings (SSSR count). The van der Waals surface area contributed by atoms with Crippen molar-refractivity contribution in [3.63, 3.8) is 0 Å². The molecule has 0 radical (unpaired) electrons. The second kappa shape index (κ2) is 12.0. The van der Waals surface area contributed by atoms with Crippen LogP contribution in [0.15, 0.2) is 42.5 Å². The lowest BCUT2D eigenvalue weighted by atomic mass is 9.92. The van der Waals surface area contributed by atoms with Crippen molar-refractivity contribution >= 4 is 22.6 Å². The van der Waals surface area contributed by atoms with Gasteiger partial charge in [-0.15, -0.1) is 0 Å². The molecule has 200 valence electrons. The van der Waals surface area contributed by atoms with Crippen LogP contribution in [-0.4, -0.2) is 54.4 Å². The van der Waals surface area contributed by atoms with Gasteiger partial charge in [0, 0.05) is 36.2 Å². The fourth-order valence-corrected chi connectivity index (χ4v) is 5.56. The third-order valence-corrected chi connectivity index (χ3v) is 7.75. The summed E-state index contributed by atoms with van der Waals surface area (Å²) in [6.07, 6.45) is 6.89. The van der Waals surface area contributed by atoms with Gasteiger partial charge in [0.1, 0.15) is 6.07 Å². The van der Waals surface area contributed by atoms with Crippen LogP contribution in [0.1, 0.15) is 63.1 Å². The monoisotopic (exact) mass is 513 g/mol. The lowest BCUT2D eigenvalue weighted by Gasteiger charge is -2.30. The molecule has 7 heteroatoms. The van der Waals surface area contributed by atoms with Crippen molar-refractivity contribution in [3.8, 4) is 17.3 Å². The molecule has 38 heavy (non-hydrogen) atoms. The molecule has 7 nitrogen and oxygen atoms in total. The van der Waals surface area contributed by atoms with Crippen molar-refractivity contribution in [2.24, 2.45) is 0 Å². The summed E-state index contributed by atoms with van der Waals surface area (Å²) < 4.78 is 7.88. The molecule has 1 aromatic heterocycles. The van der Waals surface area contributed by atoms with Crippen LogP contribution in [-0.2, 0) is 11.2 Å². The average molecular weight is 514 g/mol. The number of rotatable bonds is 9. The summed E-state index contributed by atoms with van der Waals surface area (Å²) in [5.41, 5.74) is 5.98. The highest BCUT2D eigenvalue weighted by Crippen LogP contribution is 2.43. The third kappa shape index (κ3) is 5.87. The number of amides is 2. The van der Waals surface area contributed by atoms with Gasteiger partial charge in [0.25, 0.3) is 0 Å². The largest absolute Gasteiger partial charge is 0.379 e. The Balaban J connectivity index is 1.38. The molecule has 1 saturated carbocycles. The van der Waals surface area contributed by atoms with Crippen molar-refractivity contribution in [3.05, 3.63) is 53.6 Å². The zero-order chi connectivity index (χ0) is 26.5. The van der Waals surface area contributed by atoms with Crippen molar-refractivity contribution in [2.45, 2.75) is 64.5 Å². The van der Waals surface area contributed by atoms with Crippen LogP contribution in [0.5, 0.6) is 0 Å². The van der Waals surface area contributed by atoms with E-state index in [1.165, 1.54) is 23.9 Å². The number of unbranched alkanes of at least 4 members (excludes halogenated alkanes) is 1. The van der Waals surface area contributed by atoms with Gasteiger partial charge < -0.3 is 19.9 Å². The van der Waals surface area contributed by atoms with Crippen LogP contribution in [0, 0.1) is 11.3 Å². The number of ether oxygens (including phenoxy) is 1. The summed E-state index contributed by atoms with van der Waals surface area (Å²) in [6, 6.07) is 17.3. The number of aryl methyl sites for hydroxylation is 1. The first-order chi connectivity index (χ1) is 18.5. The number of benzene rings is 2. The number of carbonyl (C=O) groups excluding carboxylic acids is 1. The molecule has 2 aliphatic rings. The number of morpholine rings is 1. The molecule has 1 saturated heterocycles. The minimum Gasteiger partial charge on any atom is -0.379 e. The van der Waals surface area contributed by atoms with Crippen LogP contribution in [0.2, 0.25) is 0 Å². The number of anilines is 1. The number of urea groups is 1. The van der Waals surface area contributed by atoms with Crippen LogP contribution < -0.4 is 10.6 Å². The van der Waals surface area contributed by atoms with E-state index in [0.717, 1.165) is 86.4 Å². The molecule has 3 aromatic rings. The Hall–Kier alpha value is -3.34. The van der Waals surface area contributed by atoms with E-state index in [1.54, 1.807) is 0 Å². The molecule has 0 bridgehead atoms. The number of aromatic nitrogens is 1. The summed E-state index contributed by atoms with van der Waals surface area (Å²) in [5, 5.41) is 17.0. The Bertz CT molecular complexity index is 1290. The van der Waals surface area contributed by atoms with Gasteiger partial charge in [-0.2, -0.15) is 5.26 Å². The number of fused-ring (bicyclic) bond motifs is 1. The van der Waals surface area contributed by atoms with E-state index in [2.05, 4.69) is 44.4 Å². The fourth-order valence-electron chi connectivity index (χ4n) is 5.56. The molecule has 2 N–H and O–H groups in total. The minimum atomic E-state index is -0.216. The third-order valence-electron chi connectivity index (χ3n) is 7.75. The van der Waals surface area contributed by atoms with Gasteiger partial charge in [-0.05, 0) is 88.2 Å². The highest BCUT2D eigenvalue weighted by molar-refractivity contribution is 5.95. The van der Waals surface area contributed by atoms with Gasteiger partial charge in [-0.25, -0.2) is 4.79 Å². The van der Waals surface area contributed by atoms with E-state index in [4.69, 9.17) is 4.74 Å². The first-order valence-corrected chi connectivity index (χ1v) is 14.1. The van der Waals surface area contributed by atoms with Crippen LogP contribution in [0.25, 0.3) is 22.2 Å². The van der Waals surface area contributed by atoms with E-state index in [-0.39, 0.29) is 12.1 Å². The zero-order valence-electron chi connectivity index (χ0n) is 22.6. The smallest absolute Gasteiger partial charge is 0.319 e. The van der Waals surface area contributed by atoms with E-state index in [9.17, 15) is 10.1 Å². The van der Waals surface area contributed by atoms with Gasteiger partial charge in [0.05, 0.1) is 30.0 Å². The Kier molecular flexibility index (Phi) is 8.31. The summed E-state index contributed by atoms with van der Waals surface area (Å²) in [4.78, 5) is 14.6. The molecule has 2 aromatic carbocycles. The minimum absolute atomic E-state index is 0.0697. The standard InChI is InChI=1S/C31H39N5O2/c1-22(2)33-31(37)34-25-12-10-24(11-13-25)30-28(21-32)27-14-9-23(20-29(27)36(30)26-7-5-8-26)6-3-4-15-35-16-18-38-19-17-35/h9-14,20,22,26H,3-8,15-19H2,1-2H3,(H2,33,34,37). The molecule has 0 unspecified atom stereocenters. The maximum Gasteiger partial charge on any atom is 0.319 e. The number of hydrogen-bond donors (Lipinski definition) is 2. The number of nitrogens with one attached hydrogen (secondary N) is 2. The Morgan fingerprint density at radius 1 is 1.11 bits per heavy atom. The molecule has 2 heterocycles. The lowest BCUT2D eigenvalue weighted by molar-refractivity contribution is 0.0372. The first-order valence-electron chi connectivity index (χ1n) is 14.1. The van der Waals surface area contributed by atoms with Crippen molar-refractivity contribution in [1.82, 2.24) is 14.8 Å². The second-order valence-corrected chi connectivity index (χ2v) is 10.9. The highest BCUT2D eigenvalue weighted by Gasteiger charge is 2.28. The van der Waals surface area contributed by atoms with Crippen molar-refractivity contribution < 1.29 is 9.53 Å². The molecule has 2 amide bonds. The Morgan fingerprint density at radius 3 is 2.53 bits per heavy atom. The van der Waals surface area contributed by atoms with Gasteiger partial charge in [0.15, 0.2) is 0 Å². The Labute approximate surface area is 225 Å². The predicted octanol–water partition coefficient (Wildman–Crippen LogP) is 6.09. The number of hydrogen-bond acceptors (Lipinski definition) is 4. The molecule has 1 aliphatic carbocycles. The highest BCUT2D eigenvalue weighted by atomic mass is 16.5. The normalized spacial score (nSPS) is 16.4. The number of nitriles is 1. The number of carbonyl (C=O) groups is 1. The summed E-state index contributed by atoms with van der Waals surface area (Å²) >= 11 is 0. The maximum atomic E-state index is 12.1. The van der Waals surface area contributed by atoms with E-state index < -0.39 is 0 Å². The summed E-state index contributed by atoms with van der Waals surface area (Å²) in [5.74, 6) is 0. The molecule has 0 atom stereocenters. The van der Waals surface area contributed by atoms with Gasteiger partial charge in [-0.1, -0.05) is 24.3 Å². The summed E-state index contributed by atoms with van der Waals surface area (Å²) in [6.45, 7) is 8.79. The zero-order valence-corrected chi connectivity index (χ0v) is 22.6. The van der Waals surface area contributed by atoms with Gasteiger partial charge in [-0.3, -0.25) is 4.90 Å². The molecular weight excluding hydrogens is 474 g/mol. The average Bonchev–Trinajstić information content (AvgIpc) is 3.19.